The van der Waals surface area contributed by atoms with Crippen molar-refractivity contribution < 1.29 is 0 Å². The van der Waals surface area contributed by atoms with Crippen LogP contribution in [0.1, 0.15) is 18.5 Å². The second-order valence-corrected chi connectivity index (χ2v) is 5.65. The van der Waals surface area contributed by atoms with Gasteiger partial charge in [-0.3, -0.25) is 0 Å². The monoisotopic (exact) mass is 258 g/mol. The number of benzene rings is 1. The third kappa shape index (κ3) is 2.28. The Bertz CT molecular complexity index is 480. The van der Waals surface area contributed by atoms with Crippen LogP contribution in [-0.4, -0.2) is 19.1 Å². The van der Waals surface area contributed by atoms with Crippen LogP contribution in [0.3, 0.4) is 0 Å². The maximum Gasteiger partial charge on any atom is 0.0668 e. The molecule has 1 saturated heterocycles. The number of thiophene rings is 1. The van der Waals surface area contributed by atoms with Crippen molar-refractivity contribution in [3.8, 4) is 0 Å². The number of anilines is 1. The maximum absolute atomic E-state index is 3.58. The van der Waals surface area contributed by atoms with Gasteiger partial charge in [0.1, 0.15) is 0 Å². The minimum atomic E-state index is 0.442. The van der Waals surface area contributed by atoms with E-state index in [4.69, 9.17) is 0 Å². The molecular formula is C15H18N2S. The van der Waals surface area contributed by atoms with Crippen molar-refractivity contribution in [2.45, 2.75) is 19.0 Å². The lowest BCUT2D eigenvalue weighted by Gasteiger charge is -2.40. The van der Waals surface area contributed by atoms with Gasteiger partial charge in [-0.2, -0.15) is 11.3 Å². The quantitative estimate of drug-likeness (QED) is 0.889. The van der Waals surface area contributed by atoms with E-state index in [-0.39, 0.29) is 0 Å². The molecular weight excluding hydrogens is 240 g/mol. The Morgan fingerprint density at radius 3 is 2.78 bits per heavy atom. The highest BCUT2D eigenvalue weighted by molar-refractivity contribution is 7.08. The van der Waals surface area contributed by atoms with Crippen LogP contribution in [0.15, 0.2) is 47.2 Å². The Hall–Kier alpha value is -1.32. The zero-order valence-electron chi connectivity index (χ0n) is 10.5. The number of nitrogens with zero attached hydrogens (tertiary/aromatic N) is 1. The van der Waals surface area contributed by atoms with Crippen LogP contribution in [0.4, 0.5) is 5.69 Å². The van der Waals surface area contributed by atoms with E-state index in [9.17, 15) is 0 Å². The zero-order chi connectivity index (χ0) is 12.4. The summed E-state index contributed by atoms with van der Waals surface area (Å²) in [6.45, 7) is 4.33. The molecule has 0 amide bonds. The topological polar surface area (TPSA) is 15.3 Å². The van der Waals surface area contributed by atoms with Crippen LogP contribution in [0.5, 0.6) is 0 Å². The second kappa shape index (κ2) is 5.12. The zero-order valence-corrected chi connectivity index (χ0v) is 11.4. The molecule has 3 rings (SSSR count). The highest BCUT2D eigenvalue weighted by atomic mass is 32.1. The van der Waals surface area contributed by atoms with Gasteiger partial charge in [0, 0.05) is 30.2 Å². The van der Waals surface area contributed by atoms with Gasteiger partial charge in [0.05, 0.1) is 6.04 Å². The number of hydrogen-bond donors (Lipinski definition) is 1. The maximum atomic E-state index is 3.58. The van der Waals surface area contributed by atoms with Crippen molar-refractivity contribution in [1.82, 2.24) is 5.32 Å². The summed E-state index contributed by atoms with van der Waals surface area (Å²) in [5.41, 5.74) is 2.74. The standard InChI is InChI=1S/C15H18N2S/c1-12-10-17(14-7-8-18-11-14)15(9-16-12)13-5-3-2-4-6-13/h2-8,11-12,15-16H,9-10H2,1H3. The fourth-order valence-electron chi connectivity index (χ4n) is 2.59. The van der Waals surface area contributed by atoms with Gasteiger partial charge in [0.15, 0.2) is 0 Å². The van der Waals surface area contributed by atoms with Crippen molar-refractivity contribution in [1.29, 1.82) is 0 Å². The van der Waals surface area contributed by atoms with E-state index in [0.29, 0.717) is 12.1 Å². The first-order chi connectivity index (χ1) is 8.84. The molecule has 2 atom stereocenters. The summed E-state index contributed by atoms with van der Waals surface area (Å²) >= 11 is 1.77. The predicted molar refractivity (Wildman–Crippen MR) is 78.3 cm³/mol. The Balaban J connectivity index is 1.91. The Morgan fingerprint density at radius 2 is 2.06 bits per heavy atom. The van der Waals surface area contributed by atoms with E-state index in [1.165, 1.54) is 11.3 Å². The summed E-state index contributed by atoms with van der Waals surface area (Å²) in [5, 5.41) is 7.99. The molecule has 1 N–H and O–H groups in total. The summed E-state index contributed by atoms with van der Waals surface area (Å²) in [7, 11) is 0. The van der Waals surface area contributed by atoms with Crippen LogP contribution >= 0.6 is 11.3 Å². The molecule has 2 heterocycles. The van der Waals surface area contributed by atoms with Gasteiger partial charge in [-0.05, 0) is 23.9 Å². The minimum Gasteiger partial charge on any atom is -0.361 e. The minimum absolute atomic E-state index is 0.442. The third-order valence-corrected chi connectivity index (χ3v) is 4.20. The molecule has 2 aromatic rings. The first-order valence-electron chi connectivity index (χ1n) is 6.42. The van der Waals surface area contributed by atoms with Crippen LogP contribution in [-0.2, 0) is 0 Å². The molecule has 1 aliphatic rings. The van der Waals surface area contributed by atoms with Crippen LogP contribution < -0.4 is 10.2 Å². The Morgan fingerprint density at radius 1 is 1.22 bits per heavy atom. The van der Waals surface area contributed by atoms with Crippen molar-refractivity contribution in [2.24, 2.45) is 0 Å². The van der Waals surface area contributed by atoms with Gasteiger partial charge >= 0.3 is 0 Å². The first kappa shape index (κ1) is 11.8. The lowest BCUT2D eigenvalue weighted by Crippen LogP contribution is -2.51. The molecule has 0 bridgehead atoms. The number of rotatable bonds is 2. The lowest BCUT2D eigenvalue weighted by molar-refractivity contribution is 0.417. The molecule has 94 valence electrons. The van der Waals surface area contributed by atoms with Gasteiger partial charge < -0.3 is 10.2 Å². The van der Waals surface area contributed by atoms with Gasteiger partial charge in [-0.15, -0.1) is 0 Å². The molecule has 1 aliphatic heterocycles. The molecule has 1 aromatic heterocycles. The smallest absolute Gasteiger partial charge is 0.0668 e. The molecule has 1 fully saturated rings. The first-order valence-corrected chi connectivity index (χ1v) is 7.36. The van der Waals surface area contributed by atoms with Crippen molar-refractivity contribution >= 4 is 17.0 Å². The van der Waals surface area contributed by atoms with E-state index in [2.05, 4.69) is 64.3 Å². The van der Waals surface area contributed by atoms with E-state index < -0.39 is 0 Å². The molecule has 1 aromatic carbocycles. The van der Waals surface area contributed by atoms with Crippen molar-refractivity contribution in [3.63, 3.8) is 0 Å². The highest BCUT2D eigenvalue weighted by Crippen LogP contribution is 2.30. The average Bonchev–Trinajstić information content (AvgIpc) is 2.93. The molecule has 2 nitrogen and oxygen atoms in total. The summed E-state index contributed by atoms with van der Waals surface area (Å²) in [6, 6.07) is 14.0. The fourth-order valence-corrected chi connectivity index (χ4v) is 3.24. The third-order valence-electron chi connectivity index (χ3n) is 3.53. The van der Waals surface area contributed by atoms with E-state index in [0.717, 1.165) is 13.1 Å². The second-order valence-electron chi connectivity index (χ2n) is 4.87. The highest BCUT2D eigenvalue weighted by Gasteiger charge is 2.27. The average molecular weight is 258 g/mol. The van der Waals surface area contributed by atoms with Crippen molar-refractivity contribution in [2.75, 3.05) is 18.0 Å². The molecule has 3 heteroatoms. The number of piperazine rings is 1. The SMILES string of the molecule is CC1CN(c2ccsc2)C(c2ccccc2)CN1. The van der Waals surface area contributed by atoms with E-state index >= 15 is 0 Å². The summed E-state index contributed by atoms with van der Waals surface area (Å²) < 4.78 is 0. The fraction of sp³-hybridized carbons (Fsp3) is 0.333. The normalized spacial score (nSPS) is 24.2. The number of hydrogen-bond acceptors (Lipinski definition) is 3. The molecule has 0 radical (unpaired) electrons. The Labute approximate surface area is 112 Å². The van der Waals surface area contributed by atoms with E-state index in [1.54, 1.807) is 11.3 Å². The van der Waals surface area contributed by atoms with Crippen LogP contribution in [0.25, 0.3) is 0 Å². The van der Waals surface area contributed by atoms with Crippen LogP contribution in [0, 0.1) is 0 Å². The van der Waals surface area contributed by atoms with Gasteiger partial charge in [-0.25, -0.2) is 0 Å². The number of nitrogens with one attached hydrogen (secondary N) is 1. The lowest BCUT2D eigenvalue weighted by atomic mass is 10.0. The molecule has 2 unspecified atom stereocenters. The van der Waals surface area contributed by atoms with E-state index in [1.807, 2.05) is 0 Å². The molecule has 0 spiro atoms. The van der Waals surface area contributed by atoms with Gasteiger partial charge in [0.2, 0.25) is 0 Å². The summed E-state index contributed by atoms with van der Waals surface area (Å²) in [5.74, 6) is 0. The summed E-state index contributed by atoms with van der Waals surface area (Å²) in [4.78, 5) is 2.52. The van der Waals surface area contributed by atoms with Crippen LogP contribution in [0.2, 0.25) is 0 Å². The van der Waals surface area contributed by atoms with Crippen molar-refractivity contribution in [3.05, 3.63) is 52.7 Å². The molecule has 18 heavy (non-hydrogen) atoms. The predicted octanol–water partition coefficient (Wildman–Crippen LogP) is 3.29. The van der Waals surface area contributed by atoms with Gasteiger partial charge in [0.25, 0.3) is 0 Å². The molecule has 0 aliphatic carbocycles. The summed E-state index contributed by atoms with van der Waals surface area (Å²) in [6.07, 6.45) is 0. The largest absolute Gasteiger partial charge is 0.361 e. The van der Waals surface area contributed by atoms with Gasteiger partial charge in [-0.1, -0.05) is 30.3 Å². The molecule has 0 saturated carbocycles. The Kier molecular flexibility index (Phi) is 3.35.